The molecule has 3 rings (SSSR count). The number of rotatable bonds is 4. The van der Waals surface area contributed by atoms with Gasteiger partial charge in [-0.3, -0.25) is 9.59 Å². The van der Waals surface area contributed by atoms with Gasteiger partial charge in [-0.15, -0.1) is 0 Å². The van der Waals surface area contributed by atoms with E-state index in [-0.39, 0.29) is 24.2 Å². The molecule has 8 heteroatoms. The van der Waals surface area contributed by atoms with E-state index in [0.717, 1.165) is 12.1 Å². The Morgan fingerprint density at radius 1 is 1.08 bits per heavy atom. The Morgan fingerprint density at radius 3 is 2.54 bits per heavy atom. The van der Waals surface area contributed by atoms with Gasteiger partial charge in [0.05, 0.1) is 22.9 Å². The molecule has 0 amide bonds. The Balaban J connectivity index is 1.72. The van der Waals surface area contributed by atoms with Gasteiger partial charge >= 0.3 is 12.1 Å². The third-order valence-corrected chi connectivity index (χ3v) is 3.64. The van der Waals surface area contributed by atoms with Gasteiger partial charge in [0.1, 0.15) is 11.6 Å². The molecule has 2 aromatic carbocycles. The van der Waals surface area contributed by atoms with E-state index >= 15 is 0 Å². The maximum absolute atomic E-state index is 12.9. The molecule has 0 aliphatic rings. The van der Waals surface area contributed by atoms with Crippen LogP contribution in [0.5, 0.6) is 5.75 Å². The summed E-state index contributed by atoms with van der Waals surface area (Å²) in [6.45, 7) is 0. The molecule has 1 aromatic heterocycles. The molecule has 0 bridgehead atoms. The molecule has 1 heterocycles. The molecule has 0 fully saturated rings. The molecule has 0 aliphatic carbocycles. The molecule has 26 heavy (non-hydrogen) atoms. The summed E-state index contributed by atoms with van der Waals surface area (Å²) in [5, 5.41) is 0.415. The summed E-state index contributed by atoms with van der Waals surface area (Å²) < 4.78 is 43.5. The molecular formula is C18H13F3N2O3. The Hall–Kier alpha value is -3.16. The summed E-state index contributed by atoms with van der Waals surface area (Å²) in [5.41, 5.74) is -0.894. The summed E-state index contributed by atoms with van der Waals surface area (Å²) in [6, 6.07) is 11.2. The highest BCUT2D eigenvalue weighted by molar-refractivity contribution is 5.77. The fraction of sp³-hybridized carbons (Fsp3) is 0.167. The predicted octanol–water partition coefficient (Wildman–Crippen LogP) is 3.48. The number of para-hydroxylation sites is 2. The van der Waals surface area contributed by atoms with Crippen LogP contribution >= 0.6 is 0 Å². The number of ether oxygens (including phenoxy) is 1. The summed E-state index contributed by atoms with van der Waals surface area (Å²) in [6.07, 6.45) is -4.82. The Kier molecular flexibility index (Phi) is 4.75. The van der Waals surface area contributed by atoms with Gasteiger partial charge in [-0.1, -0.05) is 24.3 Å². The number of fused-ring (bicyclic) bond motifs is 1. The summed E-state index contributed by atoms with van der Waals surface area (Å²) >= 11 is 0. The second kappa shape index (κ2) is 6.99. The van der Waals surface area contributed by atoms with Gasteiger partial charge in [0.25, 0.3) is 5.56 Å². The van der Waals surface area contributed by atoms with E-state index in [1.165, 1.54) is 12.1 Å². The number of esters is 1. The second-order valence-corrected chi connectivity index (χ2v) is 5.50. The minimum absolute atomic E-state index is 0.0348. The fourth-order valence-electron chi connectivity index (χ4n) is 2.44. The number of hydrogen-bond acceptors (Lipinski definition) is 4. The Bertz CT molecular complexity index is 1010. The van der Waals surface area contributed by atoms with Crippen molar-refractivity contribution in [1.29, 1.82) is 0 Å². The molecule has 0 atom stereocenters. The van der Waals surface area contributed by atoms with Crippen molar-refractivity contribution in [3.63, 3.8) is 0 Å². The SMILES string of the molecule is O=C(CCc1nc2ccccc2c(=O)[nH]1)Oc1ccccc1C(F)(F)F. The van der Waals surface area contributed by atoms with E-state index in [1.807, 2.05) is 0 Å². The van der Waals surface area contributed by atoms with Crippen molar-refractivity contribution >= 4 is 16.9 Å². The lowest BCUT2D eigenvalue weighted by atomic mass is 10.2. The third-order valence-electron chi connectivity index (χ3n) is 3.64. The van der Waals surface area contributed by atoms with Gasteiger partial charge in [-0.25, -0.2) is 4.98 Å². The van der Waals surface area contributed by atoms with Crippen LogP contribution in [-0.4, -0.2) is 15.9 Å². The largest absolute Gasteiger partial charge is 0.426 e. The number of hydrogen-bond donors (Lipinski definition) is 1. The van der Waals surface area contributed by atoms with Gasteiger partial charge in [0.2, 0.25) is 0 Å². The highest BCUT2D eigenvalue weighted by atomic mass is 19.4. The highest BCUT2D eigenvalue weighted by Crippen LogP contribution is 2.36. The van der Waals surface area contributed by atoms with E-state index in [1.54, 1.807) is 24.3 Å². The van der Waals surface area contributed by atoms with Crippen LogP contribution in [0, 0.1) is 0 Å². The monoisotopic (exact) mass is 362 g/mol. The van der Waals surface area contributed by atoms with E-state index in [2.05, 4.69) is 9.97 Å². The topological polar surface area (TPSA) is 72.0 Å². The minimum Gasteiger partial charge on any atom is -0.426 e. The molecule has 134 valence electrons. The third kappa shape index (κ3) is 3.90. The zero-order chi connectivity index (χ0) is 18.7. The van der Waals surface area contributed by atoms with E-state index in [9.17, 15) is 22.8 Å². The number of H-pyrrole nitrogens is 1. The number of aromatic nitrogens is 2. The van der Waals surface area contributed by atoms with E-state index in [4.69, 9.17) is 4.74 Å². The fourth-order valence-corrected chi connectivity index (χ4v) is 2.44. The van der Waals surface area contributed by atoms with Crippen molar-refractivity contribution in [2.75, 3.05) is 0 Å². The first kappa shape index (κ1) is 17.7. The average molecular weight is 362 g/mol. The number of alkyl halides is 3. The molecule has 0 aliphatic heterocycles. The summed E-state index contributed by atoms with van der Waals surface area (Å²) in [4.78, 5) is 30.6. The molecule has 0 radical (unpaired) electrons. The lowest BCUT2D eigenvalue weighted by Crippen LogP contribution is -2.16. The molecule has 5 nitrogen and oxygen atoms in total. The van der Waals surface area contributed by atoms with Gasteiger partial charge in [-0.2, -0.15) is 13.2 Å². The van der Waals surface area contributed by atoms with Gasteiger partial charge in [-0.05, 0) is 24.3 Å². The maximum atomic E-state index is 12.9. The van der Waals surface area contributed by atoms with Crippen molar-refractivity contribution < 1.29 is 22.7 Å². The van der Waals surface area contributed by atoms with E-state index < -0.39 is 23.5 Å². The van der Waals surface area contributed by atoms with Crippen LogP contribution in [0.25, 0.3) is 10.9 Å². The Labute approximate surface area is 145 Å². The van der Waals surface area contributed by atoms with Crippen LogP contribution in [0.3, 0.4) is 0 Å². The van der Waals surface area contributed by atoms with Crippen LogP contribution in [-0.2, 0) is 17.4 Å². The van der Waals surface area contributed by atoms with Crippen LogP contribution in [0.1, 0.15) is 17.8 Å². The number of carbonyl (C=O) groups excluding carboxylic acids is 1. The van der Waals surface area contributed by atoms with E-state index in [0.29, 0.717) is 10.9 Å². The van der Waals surface area contributed by atoms with Crippen molar-refractivity contribution in [2.24, 2.45) is 0 Å². The number of carbonyl (C=O) groups is 1. The zero-order valence-corrected chi connectivity index (χ0v) is 13.3. The number of nitrogens with one attached hydrogen (secondary N) is 1. The van der Waals surface area contributed by atoms with Gasteiger partial charge < -0.3 is 9.72 Å². The molecule has 0 saturated carbocycles. The number of benzene rings is 2. The van der Waals surface area contributed by atoms with Crippen molar-refractivity contribution in [3.8, 4) is 5.75 Å². The zero-order valence-electron chi connectivity index (χ0n) is 13.3. The number of aryl methyl sites for hydroxylation is 1. The van der Waals surface area contributed by atoms with Crippen molar-refractivity contribution in [3.05, 3.63) is 70.3 Å². The molecule has 0 saturated heterocycles. The molecule has 1 N–H and O–H groups in total. The van der Waals surface area contributed by atoms with Crippen LogP contribution < -0.4 is 10.3 Å². The normalized spacial score (nSPS) is 11.5. The van der Waals surface area contributed by atoms with Crippen LogP contribution in [0.2, 0.25) is 0 Å². The summed E-state index contributed by atoms with van der Waals surface area (Å²) in [7, 11) is 0. The van der Waals surface area contributed by atoms with Gasteiger partial charge in [0, 0.05) is 6.42 Å². The maximum Gasteiger partial charge on any atom is 0.419 e. The number of aromatic amines is 1. The molecule has 0 spiro atoms. The predicted molar refractivity (Wildman–Crippen MR) is 87.8 cm³/mol. The van der Waals surface area contributed by atoms with Gasteiger partial charge in [0.15, 0.2) is 0 Å². The molecule has 3 aromatic rings. The number of nitrogens with zero attached hydrogens (tertiary/aromatic N) is 1. The minimum atomic E-state index is -4.62. The smallest absolute Gasteiger partial charge is 0.419 e. The standard InChI is InChI=1S/C18H13F3N2O3/c19-18(20,21)12-6-2-4-8-14(12)26-16(24)10-9-15-22-13-7-3-1-5-11(13)17(25)23-15/h1-8H,9-10H2,(H,22,23,25). The highest BCUT2D eigenvalue weighted by Gasteiger charge is 2.34. The van der Waals surface area contributed by atoms with Crippen LogP contribution in [0.15, 0.2) is 53.3 Å². The second-order valence-electron chi connectivity index (χ2n) is 5.50. The molecular weight excluding hydrogens is 349 g/mol. The quantitative estimate of drug-likeness (QED) is 0.570. The lowest BCUT2D eigenvalue weighted by molar-refractivity contribution is -0.142. The van der Waals surface area contributed by atoms with Crippen LogP contribution in [0.4, 0.5) is 13.2 Å². The lowest BCUT2D eigenvalue weighted by Gasteiger charge is -2.12. The first-order valence-corrected chi connectivity index (χ1v) is 7.69. The molecule has 0 unspecified atom stereocenters. The number of halogens is 3. The Morgan fingerprint density at radius 2 is 1.77 bits per heavy atom. The van der Waals surface area contributed by atoms with Crippen molar-refractivity contribution in [1.82, 2.24) is 9.97 Å². The summed E-state index contributed by atoms with van der Waals surface area (Å²) in [5.74, 6) is -1.14. The first-order valence-electron chi connectivity index (χ1n) is 7.69. The average Bonchev–Trinajstić information content (AvgIpc) is 2.60. The van der Waals surface area contributed by atoms with Crippen molar-refractivity contribution in [2.45, 2.75) is 19.0 Å². The first-order chi connectivity index (χ1) is 12.3.